The fourth-order valence-electron chi connectivity index (χ4n) is 2.68. The van der Waals surface area contributed by atoms with Crippen LogP contribution in [0.1, 0.15) is 4.88 Å². The molecule has 7 heteroatoms. The SMILES string of the molecule is Cc1cn2cc(-c3cccc(NC(=O)COc4ccc(Cl)cc4)c3)nc2s1. The fourth-order valence-corrected chi connectivity index (χ4v) is 3.62. The van der Waals surface area contributed by atoms with Crippen molar-refractivity contribution in [3.8, 4) is 17.0 Å². The number of amides is 1. The summed E-state index contributed by atoms with van der Waals surface area (Å²) in [6, 6.07) is 14.5. The zero-order valence-corrected chi connectivity index (χ0v) is 16.1. The number of carbonyl (C=O) groups is 1. The van der Waals surface area contributed by atoms with Crippen LogP contribution in [0.25, 0.3) is 16.2 Å². The van der Waals surface area contributed by atoms with E-state index in [1.54, 1.807) is 35.6 Å². The number of nitrogens with zero attached hydrogens (tertiary/aromatic N) is 2. The van der Waals surface area contributed by atoms with Gasteiger partial charge in [0.05, 0.1) is 5.69 Å². The van der Waals surface area contributed by atoms with E-state index < -0.39 is 0 Å². The highest BCUT2D eigenvalue weighted by atomic mass is 35.5. The molecule has 136 valence electrons. The number of aromatic nitrogens is 2. The minimum Gasteiger partial charge on any atom is -0.484 e. The van der Waals surface area contributed by atoms with Crippen molar-refractivity contribution in [1.82, 2.24) is 9.38 Å². The van der Waals surface area contributed by atoms with Gasteiger partial charge in [-0.15, -0.1) is 11.3 Å². The molecule has 0 radical (unpaired) electrons. The average molecular weight is 398 g/mol. The van der Waals surface area contributed by atoms with Crippen LogP contribution in [0.5, 0.6) is 5.75 Å². The molecule has 27 heavy (non-hydrogen) atoms. The van der Waals surface area contributed by atoms with Crippen LogP contribution in [-0.2, 0) is 4.79 Å². The number of rotatable bonds is 5. The topological polar surface area (TPSA) is 55.6 Å². The lowest BCUT2D eigenvalue weighted by Crippen LogP contribution is -2.20. The first-order chi connectivity index (χ1) is 13.1. The summed E-state index contributed by atoms with van der Waals surface area (Å²) >= 11 is 7.48. The van der Waals surface area contributed by atoms with Gasteiger partial charge in [0.25, 0.3) is 5.91 Å². The molecule has 0 spiro atoms. The summed E-state index contributed by atoms with van der Waals surface area (Å²) in [4.78, 5) is 19.0. The Bertz CT molecular complexity index is 1070. The average Bonchev–Trinajstić information content (AvgIpc) is 3.19. The molecule has 1 N–H and O–H groups in total. The Hall–Kier alpha value is -2.83. The maximum absolute atomic E-state index is 12.2. The number of anilines is 1. The minimum absolute atomic E-state index is 0.0780. The second-order valence-corrected chi connectivity index (χ2v) is 7.68. The third kappa shape index (κ3) is 4.13. The maximum atomic E-state index is 12.2. The molecule has 4 aromatic rings. The number of halogens is 1. The van der Waals surface area contributed by atoms with Gasteiger partial charge in [-0.2, -0.15) is 0 Å². The Kier molecular flexibility index (Phi) is 4.83. The first kappa shape index (κ1) is 17.6. The van der Waals surface area contributed by atoms with Crippen LogP contribution in [0.2, 0.25) is 5.02 Å². The lowest BCUT2D eigenvalue weighted by Gasteiger charge is -2.08. The molecule has 1 amide bonds. The standard InChI is InChI=1S/C20H16ClN3O2S/c1-13-10-24-11-18(23-20(24)27-13)14-3-2-4-16(9-14)22-19(25)12-26-17-7-5-15(21)6-8-17/h2-11H,12H2,1H3,(H,22,25). The first-order valence-electron chi connectivity index (χ1n) is 8.31. The summed E-state index contributed by atoms with van der Waals surface area (Å²) in [5.74, 6) is 0.361. The minimum atomic E-state index is -0.233. The molecule has 0 bridgehead atoms. The van der Waals surface area contributed by atoms with E-state index in [9.17, 15) is 4.79 Å². The quantitative estimate of drug-likeness (QED) is 0.513. The Morgan fingerprint density at radius 2 is 2.04 bits per heavy atom. The number of imidazole rings is 1. The lowest BCUT2D eigenvalue weighted by molar-refractivity contribution is -0.118. The molecule has 0 aliphatic heterocycles. The van der Waals surface area contributed by atoms with E-state index >= 15 is 0 Å². The predicted octanol–water partition coefficient (Wildman–Crippen LogP) is 5.04. The Morgan fingerprint density at radius 1 is 1.22 bits per heavy atom. The Labute approximate surface area is 165 Å². The summed E-state index contributed by atoms with van der Waals surface area (Å²) in [7, 11) is 0. The van der Waals surface area contributed by atoms with Gasteiger partial charge in [0.15, 0.2) is 11.6 Å². The number of nitrogens with one attached hydrogen (secondary N) is 1. The smallest absolute Gasteiger partial charge is 0.262 e. The highest BCUT2D eigenvalue weighted by Crippen LogP contribution is 2.25. The lowest BCUT2D eigenvalue weighted by atomic mass is 10.1. The molecule has 0 unspecified atom stereocenters. The molecular weight excluding hydrogens is 382 g/mol. The van der Waals surface area contributed by atoms with E-state index in [0.29, 0.717) is 16.5 Å². The second kappa shape index (κ2) is 7.42. The van der Waals surface area contributed by atoms with Gasteiger partial charge >= 0.3 is 0 Å². The van der Waals surface area contributed by atoms with Gasteiger partial charge in [-0.1, -0.05) is 23.7 Å². The first-order valence-corrected chi connectivity index (χ1v) is 9.50. The number of hydrogen-bond donors (Lipinski definition) is 1. The number of hydrogen-bond acceptors (Lipinski definition) is 4. The van der Waals surface area contributed by atoms with E-state index in [1.807, 2.05) is 34.9 Å². The molecule has 0 aliphatic carbocycles. The molecule has 2 aromatic heterocycles. The van der Waals surface area contributed by atoms with Crippen LogP contribution in [0.15, 0.2) is 60.9 Å². The summed E-state index contributed by atoms with van der Waals surface area (Å²) in [5.41, 5.74) is 2.51. The highest BCUT2D eigenvalue weighted by molar-refractivity contribution is 7.17. The Balaban J connectivity index is 1.43. The number of aryl methyl sites for hydroxylation is 1. The number of ether oxygens (including phenoxy) is 1. The van der Waals surface area contributed by atoms with E-state index in [0.717, 1.165) is 16.2 Å². The number of benzene rings is 2. The molecule has 0 saturated carbocycles. The van der Waals surface area contributed by atoms with Gasteiger partial charge < -0.3 is 10.1 Å². The summed E-state index contributed by atoms with van der Waals surface area (Å²) in [5, 5.41) is 3.47. The van der Waals surface area contributed by atoms with Crippen molar-refractivity contribution >= 4 is 39.5 Å². The fraction of sp³-hybridized carbons (Fsp3) is 0.100. The third-order valence-electron chi connectivity index (χ3n) is 3.90. The normalized spacial score (nSPS) is 10.9. The van der Waals surface area contributed by atoms with E-state index in [1.165, 1.54) is 4.88 Å². The predicted molar refractivity (Wildman–Crippen MR) is 109 cm³/mol. The summed E-state index contributed by atoms with van der Waals surface area (Å²) in [6.07, 6.45) is 4.04. The molecule has 0 saturated heterocycles. The van der Waals surface area contributed by atoms with Crippen LogP contribution >= 0.6 is 22.9 Å². The van der Waals surface area contributed by atoms with Crippen molar-refractivity contribution in [3.63, 3.8) is 0 Å². The number of thiazole rings is 1. The van der Waals surface area contributed by atoms with Crippen LogP contribution in [0, 0.1) is 6.92 Å². The molecule has 0 aliphatic rings. The summed E-state index contributed by atoms with van der Waals surface area (Å²) < 4.78 is 7.48. The van der Waals surface area contributed by atoms with Crippen LogP contribution in [0.4, 0.5) is 5.69 Å². The van der Waals surface area contributed by atoms with Crippen LogP contribution in [-0.4, -0.2) is 21.9 Å². The number of carbonyl (C=O) groups excluding carboxylic acids is 1. The van der Waals surface area contributed by atoms with Crippen molar-refractivity contribution in [3.05, 3.63) is 70.8 Å². The van der Waals surface area contributed by atoms with Gasteiger partial charge in [-0.05, 0) is 43.3 Å². The van der Waals surface area contributed by atoms with Crippen LogP contribution < -0.4 is 10.1 Å². The van der Waals surface area contributed by atoms with Gasteiger partial charge in [-0.3, -0.25) is 9.20 Å². The Morgan fingerprint density at radius 3 is 2.81 bits per heavy atom. The van der Waals surface area contributed by atoms with Crippen molar-refractivity contribution in [2.24, 2.45) is 0 Å². The van der Waals surface area contributed by atoms with Crippen molar-refractivity contribution in [2.75, 3.05) is 11.9 Å². The van der Waals surface area contributed by atoms with E-state index in [4.69, 9.17) is 16.3 Å². The van der Waals surface area contributed by atoms with Crippen molar-refractivity contribution in [2.45, 2.75) is 6.92 Å². The maximum Gasteiger partial charge on any atom is 0.262 e. The molecule has 0 fully saturated rings. The highest BCUT2D eigenvalue weighted by Gasteiger charge is 2.09. The van der Waals surface area contributed by atoms with Crippen molar-refractivity contribution in [1.29, 1.82) is 0 Å². The summed E-state index contributed by atoms with van der Waals surface area (Å²) in [6.45, 7) is 1.98. The molecule has 4 rings (SSSR count). The molecule has 0 atom stereocenters. The van der Waals surface area contributed by atoms with E-state index in [-0.39, 0.29) is 12.5 Å². The second-order valence-electron chi connectivity index (χ2n) is 6.03. The third-order valence-corrected chi connectivity index (χ3v) is 5.06. The van der Waals surface area contributed by atoms with Gasteiger partial charge in [-0.25, -0.2) is 4.98 Å². The number of fused-ring (bicyclic) bond motifs is 1. The zero-order chi connectivity index (χ0) is 18.8. The zero-order valence-electron chi connectivity index (χ0n) is 14.5. The molecule has 5 nitrogen and oxygen atoms in total. The molecule has 2 aromatic carbocycles. The van der Waals surface area contributed by atoms with Gasteiger partial charge in [0.1, 0.15) is 5.75 Å². The molecular formula is C20H16ClN3O2S. The van der Waals surface area contributed by atoms with Gasteiger partial charge in [0, 0.05) is 33.5 Å². The molecule has 2 heterocycles. The van der Waals surface area contributed by atoms with Crippen LogP contribution in [0.3, 0.4) is 0 Å². The van der Waals surface area contributed by atoms with E-state index in [2.05, 4.69) is 23.4 Å². The van der Waals surface area contributed by atoms with Gasteiger partial charge in [0.2, 0.25) is 0 Å². The van der Waals surface area contributed by atoms with Crippen molar-refractivity contribution < 1.29 is 9.53 Å². The monoisotopic (exact) mass is 397 g/mol. The largest absolute Gasteiger partial charge is 0.484 e.